The van der Waals surface area contributed by atoms with Gasteiger partial charge in [-0.3, -0.25) is 0 Å². The van der Waals surface area contributed by atoms with Crippen LogP contribution in [0.2, 0.25) is 0 Å². The Labute approximate surface area is 405 Å². The third-order valence-electron chi connectivity index (χ3n) is 14.4. The molecule has 324 valence electrons. The molecule has 14 aromatic rings. The minimum absolute atomic E-state index is 0.835. The Bertz CT molecular complexity index is 3990. The van der Waals surface area contributed by atoms with E-state index in [0.29, 0.717) is 0 Å². The molecule has 0 saturated heterocycles. The lowest BCUT2D eigenvalue weighted by atomic mass is 9.90. The summed E-state index contributed by atoms with van der Waals surface area (Å²) in [7, 11) is 0. The van der Waals surface area contributed by atoms with Gasteiger partial charge in [0, 0.05) is 22.3 Å². The van der Waals surface area contributed by atoms with Crippen LogP contribution in [-0.4, -0.2) is 9.97 Å². The van der Waals surface area contributed by atoms with Gasteiger partial charge in [-0.2, -0.15) is 0 Å². The smallest absolute Gasteiger partial charge is 0.0979 e. The van der Waals surface area contributed by atoms with Crippen LogP contribution in [0.15, 0.2) is 255 Å². The molecule has 0 atom stereocenters. The normalized spacial score (nSPS) is 11.7. The summed E-state index contributed by atoms with van der Waals surface area (Å²) in [4.78, 5) is 11.7. The second-order valence-electron chi connectivity index (χ2n) is 18.4. The lowest BCUT2D eigenvalue weighted by Gasteiger charge is -2.18. The van der Waals surface area contributed by atoms with E-state index < -0.39 is 0 Å². The van der Waals surface area contributed by atoms with Gasteiger partial charge in [-0.1, -0.05) is 243 Å². The summed E-state index contributed by atoms with van der Waals surface area (Å²) in [6.45, 7) is 0. The number of hydrogen-bond donors (Lipinski definition) is 0. The van der Waals surface area contributed by atoms with Crippen molar-refractivity contribution in [1.82, 2.24) is 9.97 Å². The van der Waals surface area contributed by atoms with E-state index in [4.69, 9.17) is 9.97 Å². The quantitative estimate of drug-likeness (QED) is 0.156. The highest BCUT2D eigenvalue weighted by molar-refractivity contribution is 6.15. The van der Waals surface area contributed by atoms with Crippen LogP contribution in [0.1, 0.15) is 0 Å². The van der Waals surface area contributed by atoms with Crippen LogP contribution in [0.4, 0.5) is 0 Å². The molecule has 2 heteroatoms. The Morgan fingerprint density at radius 3 is 0.843 bits per heavy atom. The summed E-state index contributed by atoms with van der Waals surface area (Å²) in [5, 5.41) is 14.6. The van der Waals surface area contributed by atoms with E-state index in [1.807, 2.05) is 0 Å². The van der Waals surface area contributed by atoms with Crippen molar-refractivity contribution in [2.24, 2.45) is 0 Å². The lowest BCUT2D eigenvalue weighted by Crippen LogP contribution is -1.99. The van der Waals surface area contributed by atoms with Gasteiger partial charge in [0.15, 0.2) is 0 Å². The highest BCUT2D eigenvalue weighted by atomic mass is 14.8. The molecule has 0 fully saturated rings. The average Bonchev–Trinajstić information content (AvgIpc) is 3.43. The van der Waals surface area contributed by atoms with Crippen molar-refractivity contribution in [2.75, 3.05) is 0 Å². The summed E-state index contributed by atoms with van der Waals surface area (Å²) >= 11 is 0. The third-order valence-corrected chi connectivity index (χ3v) is 14.4. The molecule has 1 aromatic heterocycles. The van der Waals surface area contributed by atoms with Crippen molar-refractivity contribution in [2.45, 2.75) is 0 Å². The van der Waals surface area contributed by atoms with Crippen molar-refractivity contribution in [1.29, 1.82) is 0 Å². The van der Waals surface area contributed by atoms with E-state index in [-0.39, 0.29) is 0 Å². The summed E-state index contributed by atoms with van der Waals surface area (Å²) in [5.41, 5.74) is 14.6. The first kappa shape index (κ1) is 39.9. The second-order valence-corrected chi connectivity index (χ2v) is 18.4. The van der Waals surface area contributed by atoms with Gasteiger partial charge >= 0.3 is 0 Å². The largest absolute Gasteiger partial charge is 0.243 e. The van der Waals surface area contributed by atoms with Gasteiger partial charge < -0.3 is 0 Å². The van der Waals surface area contributed by atoms with Crippen LogP contribution >= 0.6 is 0 Å². The zero-order valence-corrected chi connectivity index (χ0v) is 38.1. The molecule has 13 aromatic carbocycles. The first-order valence-corrected chi connectivity index (χ1v) is 24.1. The molecule has 0 aliphatic rings. The van der Waals surface area contributed by atoms with Gasteiger partial charge in [0.2, 0.25) is 0 Å². The average molecular weight is 887 g/mol. The van der Waals surface area contributed by atoms with Gasteiger partial charge in [-0.15, -0.1) is 0 Å². The Balaban J connectivity index is 1.04. The van der Waals surface area contributed by atoms with Crippen molar-refractivity contribution >= 4 is 75.7 Å². The number of fused-ring (bicyclic) bond motifs is 7. The first-order chi connectivity index (χ1) is 34.7. The minimum atomic E-state index is 0.835. The SMILES string of the molecule is c1ccc2c(-c3ccc(-c4cccc5ccccc45)c4nc(-c5ccc(-c6c7ccccc7cc7ccccc67)cc5)c(-c5ccc(-c6c7ccccc7cc7ccccc67)cc5)nc34)cccc2c1. The molecule has 0 aliphatic carbocycles. The molecular weight excluding hydrogens is 845 g/mol. The fraction of sp³-hybridized carbons (Fsp3) is 0. The summed E-state index contributed by atoms with van der Waals surface area (Å²) in [6, 6.07) is 92.4. The fourth-order valence-electron chi connectivity index (χ4n) is 11.1. The Kier molecular flexibility index (Phi) is 9.25. The molecule has 0 spiro atoms. The van der Waals surface area contributed by atoms with Gasteiger partial charge in [-0.25, -0.2) is 9.97 Å². The van der Waals surface area contributed by atoms with E-state index in [1.165, 1.54) is 75.8 Å². The molecule has 1 heterocycles. The van der Waals surface area contributed by atoms with Crippen LogP contribution in [0.25, 0.3) is 143 Å². The predicted octanol–water partition coefficient (Wildman–Crippen LogP) is 18.6. The third kappa shape index (κ3) is 6.49. The maximum absolute atomic E-state index is 5.87. The van der Waals surface area contributed by atoms with E-state index in [1.54, 1.807) is 0 Å². The highest BCUT2D eigenvalue weighted by Gasteiger charge is 2.22. The Morgan fingerprint density at radius 1 is 0.200 bits per heavy atom. The first-order valence-electron chi connectivity index (χ1n) is 24.1. The van der Waals surface area contributed by atoms with E-state index in [0.717, 1.165) is 66.9 Å². The number of benzene rings is 13. The molecular formula is C68H42N2. The molecule has 0 unspecified atom stereocenters. The van der Waals surface area contributed by atoms with Crippen LogP contribution in [0.3, 0.4) is 0 Å². The van der Waals surface area contributed by atoms with Crippen LogP contribution < -0.4 is 0 Å². The lowest BCUT2D eigenvalue weighted by molar-refractivity contribution is 1.29. The zero-order valence-electron chi connectivity index (χ0n) is 38.1. The Morgan fingerprint density at radius 2 is 0.486 bits per heavy atom. The maximum atomic E-state index is 5.87. The molecule has 0 N–H and O–H groups in total. The van der Waals surface area contributed by atoms with Crippen molar-refractivity contribution in [3.8, 4) is 67.0 Å². The number of nitrogens with zero attached hydrogens (tertiary/aromatic N) is 2. The molecule has 0 bridgehead atoms. The predicted molar refractivity (Wildman–Crippen MR) is 297 cm³/mol. The molecule has 0 aliphatic heterocycles. The summed E-state index contributed by atoms with van der Waals surface area (Å²) in [5.74, 6) is 0. The van der Waals surface area contributed by atoms with Gasteiger partial charge in [0.25, 0.3) is 0 Å². The van der Waals surface area contributed by atoms with E-state index >= 15 is 0 Å². The van der Waals surface area contributed by atoms with Crippen LogP contribution in [-0.2, 0) is 0 Å². The topological polar surface area (TPSA) is 25.8 Å². The van der Waals surface area contributed by atoms with Crippen molar-refractivity contribution in [3.05, 3.63) is 255 Å². The second kappa shape index (κ2) is 16.2. The van der Waals surface area contributed by atoms with Crippen molar-refractivity contribution < 1.29 is 0 Å². The maximum Gasteiger partial charge on any atom is 0.0979 e. The molecule has 14 rings (SSSR count). The van der Waals surface area contributed by atoms with Crippen molar-refractivity contribution in [3.63, 3.8) is 0 Å². The Hall–Kier alpha value is -9.24. The molecule has 0 amide bonds. The van der Waals surface area contributed by atoms with E-state index in [9.17, 15) is 0 Å². The summed E-state index contributed by atoms with van der Waals surface area (Å²) in [6.07, 6.45) is 0. The van der Waals surface area contributed by atoms with Crippen LogP contribution in [0.5, 0.6) is 0 Å². The molecule has 0 radical (unpaired) electrons. The van der Waals surface area contributed by atoms with Crippen LogP contribution in [0, 0.1) is 0 Å². The number of rotatable bonds is 6. The van der Waals surface area contributed by atoms with Gasteiger partial charge in [-0.05, 0) is 110 Å². The number of aromatic nitrogens is 2. The molecule has 70 heavy (non-hydrogen) atoms. The van der Waals surface area contributed by atoms with E-state index in [2.05, 4.69) is 255 Å². The summed E-state index contributed by atoms with van der Waals surface area (Å²) < 4.78 is 0. The standard InChI is InChI=1S/C68H42N2/c1-7-23-53-43(15-1)21-13-29-59(53)61-39-40-62(60-30-14-22-44-16-2-8-24-54(44)60)68-67(61)69-65(47-35-31-45(32-36-47)63-55-25-9-3-17-49(55)41-50-18-4-10-26-56(50)63)66(70-68)48-37-33-46(34-38-48)64-57-27-11-5-19-51(57)42-52-20-6-12-28-58(52)64/h1-42H. The molecule has 2 nitrogen and oxygen atoms in total. The highest BCUT2D eigenvalue weighted by Crippen LogP contribution is 2.44. The monoisotopic (exact) mass is 886 g/mol. The number of hydrogen-bond acceptors (Lipinski definition) is 2. The van der Waals surface area contributed by atoms with Gasteiger partial charge in [0.05, 0.1) is 22.4 Å². The molecule has 0 saturated carbocycles. The fourth-order valence-corrected chi connectivity index (χ4v) is 11.1. The minimum Gasteiger partial charge on any atom is -0.243 e. The zero-order chi connectivity index (χ0) is 46.1. The van der Waals surface area contributed by atoms with Gasteiger partial charge in [0.1, 0.15) is 0 Å².